The van der Waals surface area contributed by atoms with Gasteiger partial charge in [-0.2, -0.15) is 0 Å². The average molecular weight is 345 g/mol. The number of aryl methyl sites for hydroxylation is 1. The minimum atomic E-state index is -0.262. The highest BCUT2D eigenvalue weighted by Crippen LogP contribution is 2.32. The molecule has 1 aromatic heterocycles. The lowest BCUT2D eigenvalue weighted by Crippen LogP contribution is -2.23. The Bertz CT molecular complexity index is 679. The second-order valence-electron chi connectivity index (χ2n) is 6.14. The van der Waals surface area contributed by atoms with Crippen molar-refractivity contribution in [1.29, 1.82) is 0 Å². The summed E-state index contributed by atoms with van der Waals surface area (Å²) in [6.45, 7) is 3.99. The third kappa shape index (κ3) is 3.95. The third-order valence-electron chi connectivity index (χ3n) is 4.41. The first kappa shape index (κ1) is 17.0. The van der Waals surface area contributed by atoms with Crippen molar-refractivity contribution in [3.8, 4) is 0 Å². The normalized spacial score (nSPS) is 16.2. The molecule has 7 heteroatoms. The van der Waals surface area contributed by atoms with Gasteiger partial charge in [0.25, 0.3) is 0 Å². The van der Waals surface area contributed by atoms with Gasteiger partial charge in [-0.1, -0.05) is 43.7 Å². The van der Waals surface area contributed by atoms with E-state index in [0.717, 1.165) is 30.1 Å². The van der Waals surface area contributed by atoms with Crippen molar-refractivity contribution in [3.63, 3.8) is 0 Å². The Labute approximate surface area is 146 Å². The number of tetrazole rings is 1. The zero-order valence-corrected chi connectivity index (χ0v) is 14.9. The number of rotatable bonds is 6. The molecular formula is C17H23N5OS. The Morgan fingerprint density at radius 2 is 2.04 bits per heavy atom. The molecule has 2 aromatic rings. The van der Waals surface area contributed by atoms with Crippen molar-refractivity contribution >= 4 is 23.4 Å². The first-order valence-corrected chi connectivity index (χ1v) is 9.39. The molecule has 6 nitrogen and oxygen atoms in total. The summed E-state index contributed by atoms with van der Waals surface area (Å²) in [5.41, 5.74) is 2.08. The molecule has 1 atom stereocenters. The highest BCUT2D eigenvalue weighted by molar-refractivity contribution is 8.00. The second-order valence-corrected chi connectivity index (χ2v) is 7.45. The number of nitrogens with zero attached hydrogens (tertiary/aromatic N) is 4. The first-order valence-electron chi connectivity index (χ1n) is 8.51. The lowest BCUT2D eigenvalue weighted by Gasteiger charge is -2.14. The minimum absolute atomic E-state index is 0.0368. The lowest BCUT2D eigenvalue weighted by atomic mass is 10.1. The maximum atomic E-state index is 12.4. The minimum Gasteiger partial charge on any atom is -0.325 e. The van der Waals surface area contributed by atoms with E-state index in [4.69, 9.17) is 0 Å². The van der Waals surface area contributed by atoms with E-state index >= 15 is 0 Å². The zero-order chi connectivity index (χ0) is 16.9. The molecule has 1 aromatic carbocycles. The smallest absolute Gasteiger partial charge is 0.237 e. The number of carbonyl (C=O) groups excluding carboxylic acids is 1. The number of carbonyl (C=O) groups is 1. The molecule has 0 spiro atoms. The second kappa shape index (κ2) is 7.79. The fraction of sp³-hybridized carbons (Fsp3) is 0.529. The Morgan fingerprint density at radius 1 is 1.33 bits per heavy atom. The number of nitrogens with one attached hydrogen (secondary N) is 1. The molecule has 128 valence electrons. The van der Waals surface area contributed by atoms with Gasteiger partial charge in [0.2, 0.25) is 11.1 Å². The molecule has 1 aliphatic carbocycles. The predicted octanol–water partition coefficient (Wildman–Crippen LogP) is 3.47. The topological polar surface area (TPSA) is 72.7 Å². The van der Waals surface area contributed by atoms with Crippen LogP contribution in [0.15, 0.2) is 29.4 Å². The van der Waals surface area contributed by atoms with E-state index in [2.05, 4.69) is 27.8 Å². The van der Waals surface area contributed by atoms with Gasteiger partial charge in [-0.25, -0.2) is 4.68 Å². The SMILES string of the molecule is CCc1ccc(NC(=O)C(C)Sc2nnnn2C2CCCC2)cc1. The Kier molecular flexibility index (Phi) is 5.50. The Morgan fingerprint density at radius 3 is 2.71 bits per heavy atom. The largest absolute Gasteiger partial charge is 0.325 e. The van der Waals surface area contributed by atoms with Crippen LogP contribution in [0.2, 0.25) is 0 Å². The van der Waals surface area contributed by atoms with Crippen LogP contribution in [0.25, 0.3) is 0 Å². The molecule has 1 N–H and O–H groups in total. The number of hydrogen-bond donors (Lipinski definition) is 1. The van der Waals surface area contributed by atoms with Crippen LogP contribution in [0, 0.1) is 0 Å². The molecule has 3 rings (SSSR count). The molecule has 1 heterocycles. The third-order valence-corrected chi connectivity index (χ3v) is 5.46. The van der Waals surface area contributed by atoms with Crippen LogP contribution >= 0.6 is 11.8 Å². The average Bonchev–Trinajstić information content (AvgIpc) is 3.26. The Hall–Kier alpha value is -1.89. The van der Waals surface area contributed by atoms with Gasteiger partial charge in [-0.3, -0.25) is 4.79 Å². The lowest BCUT2D eigenvalue weighted by molar-refractivity contribution is -0.115. The van der Waals surface area contributed by atoms with E-state index in [-0.39, 0.29) is 11.2 Å². The molecule has 1 aliphatic rings. The van der Waals surface area contributed by atoms with Crippen molar-refractivity contribution in [3.05, 3.63) is 29.8 Å². The van der Waals surface area contributed by atoms with Crippen LogP contribution in [-0.4, -0.2) is 31.4 Å². The van der Waals surface area contributed by atoms with Gasteiger partial charge < -0.3 is 5.32 Å². The van der Waals surface area contributed by atoms with E-state index in [1.54, 1.807) is 0 Å². The summed E-state index contributed by atoms with van der Waals surface area (Å²) in [7, 11) is 0. The molecule has 0 bridgehead atoms. The molecular weight excluding hydrogens is 322 g/mol. The summed E-state index contributed by atoms with van der Waals surface area (Å²) in [5, 5.41) is 15.4. The van der Waals surface area contributed by atoms with Crippen molar-refractivity contribution in [1.82, 2.24) is 20.2 Å². The van der Waals surface area contributed by atoms with Gasteiger partial charge in [0, 0.05) is 5.69 Å². The van der Waals surface area contributed by atoms with Crippen LogP contribution < -0.4 is 5.32 Å². The number of benzene rings is 1. The summed E-state index contributed by atoms with van der Waals surface area (Å²) < 4.78 is 1.89. The van der Waals surface area contributed by atoms with Gasteiger partial charge >= 0.3 is 0 Å². The van der Waals surface area contributed by atoms with Gasteiger partial charge in [-0.05, 0) is 54.3 Å². The molecule has 0 saturated heterocycles. The molecule has 1 unspecified atom stereocenters. The van der Waals surface area contributed by atoms with Crippen LogP contribution in [0.5, 0.6) is 0 Å². The number of thioether (sulfide) groups is 1. The summed E-state index contributed by atoms with van der Waals surface area (Å²) in [6, 6.07) is 8.33. The van der Waals surface area contributed by atoms with Crippen LogP contribution in [0.4, 0.5) is 5.69 Å². The van der Waals surface area contributed by atoms with Gasteiger partial charge in [-0.15, -0.1) is 5.10 Å². The standard InChI is InChI=1S/C17H23N5OS/c1-3-13-8-10-14(11-9-13)18-16(23)12(2)24-17-19-20-21-22(17)15-6-4-5-7-15/h8-12,15H,3-7H2,1-2H3,(H,18,23). The predicted molar refractivity (Wildman–Crippen MR) is 95.1 cm³/mol. The van der Waals surface area contributed by atoms with Crippen molar-refractivity contribution < 1.29 is 4.79 Å². The van der Waals surface area contributed by atoms with E-state index in [1.165, 1.54) is 30.2 Å². The number of amides is 1. The summed E-state index contributed by atoms with van der Waals surface area (Å²) >= 11 is 1.41. The monoisotopic (exact) mass is 345 g/mol. The van der Waals surface area contributed by atoms with Gasteiger partial charge in [0.05, 0.1) is 11.3 Å². The maximum Gasteiger partial charge on any atom is 0.237 e. The molecule has 1 saturated carbocycles. The summed E-state index contributed by atoms with van der Waals surface area (Å²) in [5.74, 6) is -0.0368. The van der Waals surface area contributed by atoms with Crippen molar-refractivity contribution in [2.75, 3.05) is 5.32 Å². The van der Waals surface area contributed by atoms with Crippen molar-refractivity contribution in [2.45, 2.75) is 62.4 Å². The molecule has 1 amide bonds. The van der Waals surface area contributed by atoms with Gasteiger partial charge in [0.1, 0.15) is 0 Å². The molecule has 0 radical (unpaired) electrons. The molecule has 24 heavy (non-hydrogen) atoms. The highest BCUT2D eigenvalue weighted by Gasteiger charge is 2.24. The first-order chi connectivity index (χ1) is 11.7. The summed E-state index contributed by atoms with van der Waals surface area (Å²) in [6.07, 6.45) is 5.66. The number of anilines is 1. The van der Waals surface area contributed by atoms with E-state index in [9.17, 15) is 4.79 Å². The number of hydrogen-bond acceptors (Lipinski definition) is 5. The van der Waals surface area contributed by atoms with Gasteiger partial charge in [0.15, 0.2) is 0 Å². The molecule has 1 fully saturated rings. The van der Waals surface area contributed by atoms with Crippen LogP contribution in [-0.2, 0) is 11.2 Å². The fourth-order valence-corrected chi connectivity index (χ4v) is 3.78. The quantitative estimate of drug-likeness (QED) is 0.812. The van der Waals surface area contributed by atoms with Crippen molar-refractivity contribution in [2.24, 2.45) is 0 Å². The van der Waals surface area contributed by atoms with Crippen LogP contribution in [0.1, 0.15) is 51.1 Å². The van der Waals surface area contributed by atoms with Crippen LogP contribution in [0.3, 0.4) is 0 Å². The van der Waals surface area contributed by atoms with E-state index < -0.39 is 0 Å². The molecule has 0 aliphatic heterocycles. The van der Waals surface area contributed by atoms with E-state index in [0.29, 0.717) is 6.04 Å². The van der Waals surface area contributed by atoms with E-state index in [1.807, 2.05) is 35.9 Å². The Balaban J connectivity index is 1.60. The highest BCUT2D eigenvalue weighted by atomic mass is 32.2. The summed E-state index contributed by atoms with van der Waals surface area (Å²) in [4.78, 5) is 12.4. The maximum absolute atomic E-state index is 12.4. The zero-order valence-electron chi connectivity index (χ0n) is 14.1. The fourth-order valence-electron chi connectivity index (χ4n) is 2.92. The number of aromatic nitrogens is 4.